The highest BCUT2D eigenvalue weighted by Gasteiger charge is 2.17. The van der Waals surface area contributed by atoms with Gasteiger partial charge in [-0.2, -0.15) is 0 Å². The number of anilines is 1. The molecule has 116 valence electrons. The normalized spacial score (nSPS) is 24.8. The average Bonchev–Trinajstić information content (AvgIpc) is 2.73. The molecule has 3 heterocycles. The van der Waals surface area contributed by atoms with Gasteiger partial charge in [0.05, 0.1) is 32.5 Å². The number of hydrogen-bond donors (Lipinski definition) is 1. The maximum absolute atomic E-state index is 9.74. The molecule has 0 bridgehead atoms. The molecule has 0 saturated carbocycles. The summed E-state index contributed by atoms with van der Waals surface area (Å²) in [5, 5.41) is 9.74. The molecule has 0 amide bonds. The molecule has 1 aromatic rings. The number of rotatable bonds is 3. The molecule has 0 aliphatic carbocycles. The second-order valence-electron chi connectivity index (χ2n) is 5.45. The third-order valence-corrected chi connectivity index (χ3v) is 3.72. The van der Waals surface area contributed by atoms with Crippen molar-refractivity contribution in [2.75, 3.05) is 57.5 Å². The summed E-state index contributed by atoms with van der Waals surface area (Å²) in [6.07, 6.45) is 3.33. The van der Waals surface area contributed by atoms with Gasteiger partial charge in [0.15, 0.2) is 0 Å². The summed E-state index contributed by atoms with van der Waals surface area (Å²) >= 11 is 0. The van der Waals surface area contributed by atoms with Crippen molar-refractivity contribution in [3.05, 3.63) is 18.0 Å². The molecule has 3 rings (SSSR count). The van der Waals surface area contributed by atoms with E-state index in [0.717, 1.165) is 50.9 Å². The predicted molar refractivity (Wildman–Crippen MR) is 77.2 cm³/mol. The summed E-state index contributed by atoms with van der Waals surface area (Å²) < 4.78 is 10.7. The Morgan fingerprint density at radius 1 is 1.10 bits per heavy atom. The molecule has 0 radical (unpaired) electrons. The summed E-state index contributed by atoms with van der Waals surface area (Å²) in [6.45, 7) is 6.42. The second-order valence-corrected chi connectivity index (χ2v) is 5.45. The van der Waals surface area contributed by atoms with Gasteiger partial charge < -0.3 is 19.5 Å². The molecular weight excluding hydrogens is 272 g/mol. The van der Waals surface area contributed by atoms with E-state index in [2.05, 4.69) is 19.8 Å². The van der Waals surface area contributed by atoms with E-state index in [0.29, 0.717) is 19.8 Å². The number of morpholine rings is 1. The lowest BCUT2D eigenvalue weighted by molar-refractivity contribution is 0.0562. The Morgan fingerprint density at radius 3 is 2.57 bits per heavy atom. The fourth-order valence-corrected chi connectivity index (χ4v) is 2.61. The smallest absolute Gasteiger partial charge is 0.225 e. The zero-order valence-corrected chi connectivity index (χ0v) is 12.1. The number of ether oxygens (including phenoxy) is 2. The monoisotopic (exact) mass is 294 g/mol. The second kappa shape index (κ2) is 7.13. The van der Waals surface area contributed by atoms with Crippen LogP contribution in [0.4, 0.5) is 5.95 Å². The number of hydrogen-bond acceptors (Lipinski definition) is 7. The molecule has 2 saturated heterocycles. The Morgan fingerprint density at radius 2 is 1.81 bits per heavy atom. The Bertz CT molecular complexity index is 436. The number of aliphatic hydroxyl groups excluding tert-OH is 1. The van der Waals surface area contributed by atoms with Crippen LogP contribution in [0.3, 0.4) is 0 Å². The molecular formula is C14H22N4O3. The van der Waals surface area contributed by atoms with Gasteiger partial charge in [-0.15, -0.1) is 0 Å². The molecule has 1 N–H and O–H groups in total. The highest BCUT2D eigenvalue weighted by atomic mass is 16.5. The topological polar surface area (TPSA) is 71.0 Å². The third-order valence-electron chi connectivity index (χ3n) is 3.72. The zero-order chi connectivity index (χ0) is 14.5. The van der Waals surface area contributed by atoms with Crippen molar-refractivity contribution in [1.29, 1.82) is 0 Å². The molecule has 0 spiro atoms. The lowest BCUT2D eigenvalue weighted by atomic mass is 10.3. The summed E-state index contributed by atoms with van der Waals surface area (Å²) in [7, 11) is 0. The van der Waals surface area contributed by atoms with Crippen LogP contribution in [0.5, 0.6) is 0 Å². The van der Waals surface area contributed by atoms with E-state index in [4.69, 9.17) is 9.47 Å². The standard InChI is InChI=1S/C14H22N4O3/c19-13-10-17(1-4-21-11-13)9-12-7-15-14(16-8-12)18-2-5-20-6-3-18/h7-8,13,19H,1-6,9-11H2. The molecule has 1 unspecified atom stereocenters. The van der Waals surface area contributed by atoms with Gasteiger partial charge in [0.2, 0.25) is 5.95 Å². The molecule has 2 aliphatic heterocycles. The van der Waals surface area contributed by atoms with Crippen LogP contribution in [0.1, 0.15) is 5.56 Å². The van der Waals surface area contributed by atoms with Crippen molar-refractivity contribution < 1.29 is 14.6 Å². The molecule has 7 heteroatoms. The quantitative estimate of drug-likeness (QED) is 0.806. The molecule has 21 heavy (non-hydrogen) atoms. The van der Waals surface area contributed by atoms with Gasteiger partial charge >= 0.3 is 0 Å². The van der Waals surface area contributed by atoms with Crippen LogP contribution in [0.2, 0.25) is 0 Å². The van der Waals surface area contributed by atoms with Crippen molar-refractivity contribution in [1.82, 2.24) is 14.9 Å². The molecule has 2 aliphatic rings. The van der Waals surface area contributed by atoms with Crippen molar-refractivity contribution in [2.45, 2.75) is 12.6 Å². The predicted octanol–water partition coefficient (Wildman–Crippen LogP) is -0.494. The van der Waals surface area contributed by atoms with Gasteiger partial charge in [-0.3, -0.25) is 4.90 Å². The fourth-order valence-electron chi connectivity index (χ4n) is 2.61. The molecule has 2 fully saturated rings. The van der Waals surface area contributed by atoms with Gasteiger partial charge in [0.25, 0.3) is 0 Å². The van der Waals surface area contributed by atoms with Crippen LogP contribution < -0.4 is 4.90 Å². The number of aliphatic hydroxyl groups is 1. The van der Waals surface area contributed by atoms with E-state index in [1.165, 1.54) is 0 Å². The summed E-state index contributed by atoms with van der Waals surface area (Å²) in [5.41, 5.74) is 1.06. The van der Waals surface area contributed by atoms with Crippen LogP contribution in [-0.4, -0.2) is 78.7 Å². The average molecular weight is 294 g/mol. The minimum absolute atomic E-state index is 0.416. The van der Waals surface area contributed by atoms with Crippen molar-refractivity contribution >= 4 is 5.95 Å². The van der Waals surface area contributed by atoms with Crippen LogP contribution in [0, 0.1) is 0 Å². The summed E-state index contributed by atoms with van der Waals surface area (Å²) in [6, 6.07) is 0. The fraction of sp³-hybridized carbons (Fsp3) is 0.714. The van der Waals surface area contributed by atoms with E-state index in [1.54, 1.807) is 0 Å². The Labute approximate surface area is 124 Å². The van der Waals surface area contributed by atoms with Crippen LogP contribution >= 0.6 is 0 Å². The number of β-amino-alcohol motifs (C(OH)–C–C–N with tert-alkyl or cyclic N) is 1. The van der Waals surface area contributed by atoms with E-state index < -0.39 is 6.10 Å². The Kier molecular flexibility index (Phi) is 4.97. The Hall–Kier alpha value is -1.28. The molecule has 1 atom stereocenters. The van der Waals surface area contributed by atoms with E-state index in [1.807, 2.05) is 12.4 Å². The van der Waals surface area contributed by atoms with E-state index in [9.17, 15) is 5.11 Å². The van der Waals surface area contributed by atoms with Gasteiger partial charge in [0.1, 0.15) is 0 Å². The SMILES string of the molecule is OC1COCCN(Cc2cnc(N3CCOCC3)nc2)C1. The van der Waals surface area contributed by atoms with Gasteiger partial charge in [-0.05, 0) is 0 Å². The highest BCUT2D eigenvalue weighted by Crippen LogP contribution is 2.11. The lowest BCUT2D eigenvalue weighted by Gasteiger charge is -2.27. The Balaban J connectivity index is 1.58. The minimum atomic E-state index is -0.416. The lowest BCUT2D eigenvalue weighted by Crippen LogP contribution is -2.37. The first-order valence-corrected chi connectivity index (χ1v) is 7.43. The maximum atomic E-state index is 9.74. The first kappa shape index (κ1) is 14.6. The van der Waals surface area contributed by atoms with Crippen LogP contribution in [0.15, 0.2) is 12.4 Å². The number of aromatic nitrogens is 2. The zero-order valence-electron chi connectivity index (χ0n) is 12.1. The van der Waals surface area contributed by atoms with Gasteiger partial charge in [-0.25, -0.2) is 9.97 Å². The van der Waals surface area contributed by atoms with Crippen molar-refractivity contribution in [2.24, 2.45) is 0 Å². The third kappa shape index (κ3) is 4.10. The molecule has 7 nitrogen and oxygen atoms in total. The minimum Gasteiger partial charge on any atom is -0.389 e. The van der Waals surface area contributed by atoms with Crippen molar-refractivity contribution in [3.63, 3.8) is 0 Å². The van der Waals surface area contributed by atoms with Gasteiger partial charge in [0, 0.05) is 50.7 Å². The van der Waals surface area contributed by atoms with E-state index in [-0.39, 0.29) is 0 Å². The molecule has 0 aromatic carbocycles. The number of nitrogens with zero attached hydrogens (tertiary/aromatic N) is 4. The summed E-state index contributed by atoms with van der Waals surface area (Å²) in [4.78, 5) is 13.2. The van der Waals surface area contributed by atoms with Gasteiger partial charge in [-0.1, -0.05) is 0 Å². The maximum Gasteiger partial charge on any atom is 0.225 e. The highest BCUT2D eigenvalue weighted by molar-refractivity contribution is 5.30. The molecule has 1 aromatic heterocycles. The van der Waals surface area contributed by atoms with Crippen LogP contribution in [0.25, 0.3) is 0 Å². The van der Waals surface area contributed by atoms with E-state index >= 15 is 0 Å². The first-order valence-electron chi connectivity index (χ1n) is 7.43. The van der Waals surface area contributed by atoms with Crippen molar-refractivity contribution in [3.8, 4) is 0 Å². The first-order chi connectivity index (χ1) is 10.3. The van der Waals surface area contributed by atoms with Crippen LogP contribution in [-0.2, 0) is 16.0 Å². The summed E-state index contributed by atoms with van der Waals surface area (Å²) in [5.74, 6) is 0.765. The largest absolute Gasteiger partial charge is 0.389 e.